The molecule has 0 aliphatic rings. The number of benzene rings is 1. The minimum atomic E-state index is 0.0533. The first-order valence-electron chi connectivity index (χ1n) is 10.0. The Balaban J connectivity index is 1.56. The molecule has 4 aromatic rings. The quantitative estimate of drug-likeness (QED) is 0.390. The monoisotopic (exact) mass is 424 g/mol. The summed E-state index contributed by atoms with van der Waals surface area (Å²) in [7, 11) is 0. The maximum Gasteiger partial charge on any atom is 0.274 e. The Morgan fingerprint density at radius 2 is 1.66 bits per heavy atom. The maximum atomic E-state index is 5.97. The van der Waals surface area contributed by atoms with Gasteiger partial charge in [0, 0.05) is 5.56 Å². The van der Waals surface area contributed by atoms with Crippen molar-refractivity contribution in [1.29, 1.82) is 0 Å². The highest BCUT2D eigenvalue weighted by Crippen LogP contribution is 2.28. The Labute approximate surface area is 179 Å². The van der Waals surface area contributed by atoms with Crippen LogP contribution in [0.2, 0.25) is 0 Å². The predicted molar refractivity (Wildman–Crippen MR) is 119 cm³/mol. The van der Waals surface area contributed by atoms with Crippen molar-refractivity contribution in [3.63, 3.8) is 0 Å². The van der Waals surface area contributed by atoms with Crippen LogP contribution in [0.15, 0.2) is 63.7 Å². The minimum Gasteiger partial charge on any atom is -0.414 e. The van der Waals surface area contributed by atoms with Crippen LogP contribution in [-0.2, 0) is 0 Å². The molecule has 6 heteroatoms. The highest BCUT2D eigenvalue weighted by Gasteiger charge is 2.26. The molecule has 29 heavy (non-hydrogen) atoms. The highest BCUT2D eigenvalue weighted by molar-refractivity contribution is 7.13. The molecule has 0 aliphatic carbocycles. The average molecular weight is 425 g/mol. The van der Waals surface area contributed by atoms with Gasteiger partial charge in [0.25, 0.3) is 11.8 Å². The molecule has 4 rings (SSSR count). The molecular formula is C23H26N3OS2+. The fourth-order valence-electron chi connectivity index (χ4n) is 3.40. The summed E-state index contributed by atoms with van der Waals surface area (Å²) in [6.07, 6.45) is 1.15. The maximum absolute atomic E-state index is 5.97. The molecule has 1 aromatic carbocycles. The lowest BCUT2D eigenvalue weighted by Gasteiger charge is -2.19. The molecule has 0 spiro atoms. The second kappa shape index (κ2) is 9.03. The Hall–Kier alpha value is -2.28. The van der Waals surface area contributed by atoms with E-state index >= 15 is 0 Å². The van der Waals surface area contributed by atoms with E-state index in [0.29, 0.717) is 17.7 Å². The van der Waals surface area contributed by atoms with Crippen molar-refractivity contribution < 1.29 is 9.73 Å². The largest absolute Gasteiger partial charge is 0.414 e. The van der Waals surface area contributed by atoms with Gasteiger partial charge in [0.15, 0.2) is 6.04 Å². The lowest BCUT2D eigenvalue weighted by Crippen LogP contribution is -2.85. The SMILES string of the molecule is CC[C@H](C)c1ccc([C@H]([NH2+][C@@H](C)c2nnc(-c3cccs3)o2)c2cccs2)cc1. The predicted octanol–water partition coefficient (Wildman–Crippen LogP) is 5.79. The first kappa shape index (κ1) is 20.0. The third-order valence-electron chi connectivity index (χ3n) is 5.37. The fraction of sp³-hybridized carbons (Fsp3) is 0.304. The van der Waals surface area contributed by atoms with Crippen molar-refractivity contribution >= 4 is 22.7 Å². The number of aromatic nitrogens is 2. The van der Waals surface area contributed by atoms with E-state index in [1.54, 1.807) is 22.7 Å². The standard InChI is InChI=1S/C23H25N3OS2/c1-4-15(2)17-9-11-18(12-10-17)21(19-7-5-13-28-19)24-16(3)22-25-26-23(27-22)20-8-6-14-29-20/h5-16,21,24H,4H2,1-3H3/p+1/t15-,16-,21-/m0/s1. The first-order chi connectivity index (χ1) is 14.2. The van der Waals surface area contributed by atoms with Gasteiger partial charge in [-0.1, -0.05) is 50.2 Å². The first-order valence-corrected chi connectivity index (χ1v) is 11.8. The summed E-state index contributed by atoms with van der Waals surface area (Å²) in [5, 5.41) is 15.0. The second-order valence-corrected chi connectivity index (χ2v) is 9.30. The van der Waals surface area contributed by atoms with Gasteiger partial charge in [-0.2, -0.15) is 0 Å². The summed E-state index contributed by atoms with van der Waals surface area (Å²) >= 11 is 3.40. The van der Waals surface area contributed by atoms with Crippen LogP contribution in [0.4, 0.5) is 0 Å². The van der Waals surface area contributed by atoms with Gasteiger partial charge in [-0.15, -0.1) is 32.9 Å². The topological polar surface area (TPSA) is 55.5 Å². The lowest BCUT2D eigenvalue weighted by molar-refractivity contribution is -0.725. The Bertz CT molecular complexity index is 1010. The summed E-state index contributed by atoms with van der Waals surface area (Å²) < 4.78 is 5.97. The molecule has 0 amide bonds. The van der Waals surface area contributed by atoms with Gasteiger partial charge in [0.05, 0.1) is 9.75 Å². The smallest absolute Gasteiger partial charge is 0.274 e. The van der Waals surface area contributed by atoms with Gasteiger partial charge in [-0.3, -0.25) is 0 Å². The van der Waals surface area contributed by atoms with Crippen molar-refractivity contribution in [2.24, 2.45) is 0 Å². The molecule has 3 aromatic heterocycles. The fourth-order valence-corrected chi connectivity index (χ4v) is 4.87. The van der Waals surface area contributed by atoms with Crippen molar-refractivity contribution in [3.8, 4) is 10.8 Å². The molecule has 0 unspecified atom stereocenters. The zero-order valence-corrected chi connectivity index (χ0v) is 18.5. The number of thiophene rings is 2. The molecule has 0 radical (unpaired) electrons. The molecular weight excluding hydrogens is 398 g/mol. The molecule has 0 saturated carbocycles. The summed E-state index contributed by atoms with van der Waals surface area (Å²) in [5.74, 6) is 1.84. The highest BCUT2D eigenvalue weighted by atomic mass is 32.1. The van der Waals surface area contributed by atoms with Crippen molar-refractivity contribution in [1.82, 2.24) is 10.2 Å². The van der Waals surface area contributed by atoms with Gasteiger partial charge in [0.2, 0.25) is 0 Å². The molecule has 0 fully saturated rings. The van der Waals surface area contributed by atoms with E-state index in [-0.39, 0.29) is 12.1 Å². The van der Waals surface area contributed by atoms with Crippen molar-refractivity contribution in [3.05, 3.63) is 81.2 Å². The normalized spacial score (nSPS) is 14.6. The molecule has 3 atom stereocenters. The summed E-state index contributed by atoms with van der Waals surface area (Å²) in [6, 6.07) is 17.6. The van der Waals surface area contributed by atoms with Crippen LogP contribution in [0.5, 0.6) is 0 Å². The third kappa shape index (κ3) is 4.50. The Kier molecular flexibility index (Phi) is 6.23. The second-order valence-electron chi connectivity index (χ2n) is 7.37. The van der Waals surface area contributed by atoms with Crippen LogP contribution < -0.4 is 5.32 Å². The van der Waals surface area contributed by atoms with E-state index in [4.69, 9.17) is 4.42 Å². The van der Waals surface area contributed by atoms with E-state index < -0.39 is 0 Å². The molecule has 4 nitrogen and oxygen atoms in total. The van der Waals surface area contributed by atoms with E-state index in [2.05, 4.69) is 78.1 Å². The van der Waals surface area contributed by atoms with Crippen molar-refractivity contribution in [2.75, 3.05) is 0 Å². The van der Waals surface area contributed by atoms with Crippen LogP contribution in [0.1, 0.15) is 67.1 Å². The lowest BCUT2D eigenvalue weighted by atomic mass is 9.95. The third-order valence-corrected chi connectivity index (χ3v) is 7.18. The minimum absolute atomic E-state index is 0.0533. The summed E-state index contributed by atoms with van der Waals surface area (Å²) in [4.78, 5) is 2.33. The van der Waals surface area contributed by atoms with Crippen LogP contribution in [-0.4, -0.2) is 10.2 Å². The molecule has 2 N–H and O–H groups in total. The number of hydrogen-bond acceptors (Lipinski definition) is 5. The van der Waals surface area contributed by atoms with E-state index in [9.17, 15) is 0 Å². The molecule has 150 valence electrons. The number of hydrogen-bond donors (Lipinski definition) is 1. The van der Waals surface area contributed by atoms with Gasteiger partial charge in [-0.25, -0.2) is 0 Å². The Morgan fingerprint density at radius 1 is 0.931 bits per heavy atom. The summed E-state index contributed by atoms with van der Waals surface area (Å²) in [5.41, 5.74) is 2.69. The average Bonchev–Trinajstić information content (AvgIpc) is 3.52. The van der Waals surface area contributed by atoms with Crippen LogP contribution in [0.3, 0.4) is 0 Å². The number of quaternary nitrogens is 1. The number of nitrogens with zero attached hydrogens (tertiary/aromatic N) is 2. The van der Waals surface area contributed by atoms with Crippen molar-refractivity contribution in [2.45, 2.75) is 45.2 Å². The zero-order chi connectivity index (χ0) is 20.2. The molecule has 0 saturated heterocycles. The number of nitrogens with two attached hydrogens (primary N) is 1. The van der Waals surface area contributed by atoms with Crippen LogP contribution in [0.25, 0.3) is 10.8 Å². The van der Waals surface area contributed by atoms with E-state index in [0.717, 1.165) is 11.3 Å². The summed E-state index contributed by atoms with van der Waals surface area (Å²) in [6.45, 7) is 6.64. The van der Waals surface area contributed by atoms with Gasteiger partial charge in [0.1, 0.15) is 6.04 Å². The van der Waals surface area contributed by atoms with Crippen LogP contribution >= 0.6 is 22.7 Å². The van der Waals surface area contributed by atoms with E-state index in [1.807, 2.05) is 17.5 Å². The zero-order valence-electron chi connectivity index (χ0n) is 16.9. The molecule has 3 heterocycles. The molecule has 0 aliphatic heterocycles. The Morgan fingerprint density at radius 3 is 2.31 bits per heavy atom. The van der Waals surface area contributed by atoms with Crippen LogP contribution in [0, 0.1) is 0 Å². The van der Waals surface area contributed by atoms with E-state index in [1.165, 1.54) is 16.0 Å². The van der Waals surface area contributed by atoms with Gasteiger partial charge >= 0.3 is 0 Å². The molecule has 0 bridgehead atoms. The number of rotatable bonds is 8. The van der Waals surface area contributed by atoms with Gasteiger partial charge in [-0.05, 0) is 47.7 Å². The van der Waals surface area contributed by atoms with Gasteiger partial charge < -0.3 is 9.73 Å².